The van der Waals surface area contributed by atoms with Crippen LogP contribution in [0.4, 0.5) is 5.69 Å². The molecule has 8 heteroatoms. The monoisotopic (exact) mass is 430 g/mol. The molecule has 1 fully saturated rings. The zero-order valence-electron chi connectivity index (χ0n) is 18.5. The highest BCUT2D eigenvalue weighted by Gasteiger charge is 2.22. The Morgan fingerprint density at radius 2 is 1.94 bits per heavy atom. The molecular weight excluding hydrogens is 398 g/mol. The molecule has 168 valence electrons. The van der Waals surface area contributed by atoms with Gasteiger partial charge in [-0.15, -0.1) is 0 Å². The molecule has 3 rings (SSSR count). The first kappa shape index (κ1) is 22.7. The molecule has 0 aliphatic carbocycles. The van der Waals surface area contributed by atoms with Crippen LogP contribution >= 0.6 is 0 Å². The van der Waals surface area contributed by atoms with Crippen molar-refractivity contribution in [2.24, 2.45) is 0 Å². The van der Waals surface area contributed by atoms with E-state index in [0.29, 0.717) is 35.3 Å². The zero-order valence-corrected chi connectivity index (χ0v) is 18.5. The van der Waals surface area contributed by atoms with Crippen molar-refractivity contribution in [2.75, 3.05) is 39.2 Å². The van der Waals surface area contributed by atoms with Crippen molar-refractivity contribution in [3.63, 3.8) is 0 Å². The Kier molecular flexibility index (Phi) is 7.94. The van der Waals surface area contributed by atoms with Crippen LogP contribution in [-0.2, 0) is 0 Å². The quantitative estimate of drug-likeness (QED) is 0.530. The van der Waals surface area contributed by atoms with E-state index >= 15 is 0 Å². The Morgan fingerprint density at radius 3 is 2.61 bits per heavy atom. The number of hydrogen-bond acceptors (Lipinski definition) is 5. The number of carbonyl (C=O) groups is 2. The first-order chi connectivity index (χ1) is 15.0. The normalized spacial score (nSPS) is 18.3. The number of methoxy groups -OCH3 is 2. The van der Waals surface area contributed by atoms with E-state index in [9.17, 15) is 9.59 Å². The smallest absolute Gasteiger partial charge is 0.291 e. The van der Waals surface area contributed by atoms with Crippen LogP contribution < -0.4 is 25.0 Å². The molecule has 0 radical (unpaired) electrons. The SMILES string of the molecule is COc1cc(NC(=O)c2ccco2)c(C(=O)NCCC[NH+]2CCCC[C@H]2C)cc1OC. The molecule has 1 saturated heterocycles. The third-order valence-electron chi connectivity index (χ3n) is 5.80. The summed E-state index contributed by atoms with van der Waals surface area (Å²) in [5.41, 5.74) is 0.628. The Morgan fingerprint density at radius 1 is 1.16 bits per heavy atom. The van der Waals surface area contributed by atoms with Gasteiger partial charge in [-0.05, 0) is 44.4 Å². The van der Waals surface area contributed by atoms with E-state index in [4.69, 9.17) is 13.9 Å². The Bertz CT molecular complexity index is 882. The molecule has 1 unspecified atom stereocenters. The first-order valence-corrected chi connectivity index (χ1v) is 10.8. The third kappa shape index (κ3) is 5.79. The number of carbonyl (C=O) groups excluding carboxylic acids is 2. The summed E-state index contributed by atoms with van der Waals surface area (Å²) in [7, 11) is 3.00. The van der Waals surface area contributed by atoms with E-state index in [-0.39, 0.29) is 11.7 Å². The van der Waals surface area contributed by atoms with Gasteiger partial charge >= 0.3 is 0 Å². The van der Waals surface area contributed by atoms with Crippen molar-refractivity contribution in [1.29, 1.82) is 0 Å². The number of hydrogen-bond donors (Lipinski definition) is 3. The van der Waals surface area contributed by atoms with Crippen LogP contribution in [0.1, 0.15) is 53.5 Å². The van der Waals surface area contributed by atoms with E-state index in [1.807, 2.05) is 0 Å². The van der Waals surface area contributed by atoms with Crippen molar-refractivity contribution < 1.29 is 28.4 Å². The summed E-state index contributed by atoms with van der Waals surface area (Å²) in [6, 6.07) is 7.01. The zero-order chi connectivity index (χ0) is 22.2. The average molecular weight is 431 g/mol. The number of anilines is 1. The minimum Gasteiger partial charge on any atom is -0.493 e. The van der Waals surface area contributed by atoms with Crippen LogP contribution in [0, 0.1) is 0 Å². The summed E-state index contributed by atoms with van der Waals surface area (Å²) in [6.07, 6.45) is 6.17. The lowest BCUT2D eigenvalue weighted by Gasteiger charge is -2.30. The van der Waals surface area contributed by atoms with Crippen molar-refractivity contribution in [2.45, 2.75) is 38.6 Å². The van der Waals surface area contributed by atoms with E-state index in [1.165, 1.54) is 46.3 Å². The molecule has 0 saturated carbocycles. The lowest BCUT2D eigenvalue weighted by atomic mass is 10.0. The van der Waals surface area contributed by atoms with Crippen LogP contribution in [0.25, 0.3) is 0 Å². The number of likely N-dealkylation sites (tertiary alicyclic amines) is 1. The molecule has 1 aromatic carbocycles. The summed E-state index contributed by atoms with van der Waals surface area (Å²) in [4.78, 5) is 27.0. The Balaban J connectivity index is 1.68. The minimum absolute atomic E-state index is 0.153. The number of piperidine rings is 1. The van der Waals surface area contributed by atoms with Gasteiger partial charge in [0.25, 0.3) is 11.8 Å². The summed E-state index contributed by atoms with van der Waals surface area (Å²) in [6.45, 7) is 5.10. The second kappa shape index (κ2) is 10.9. The average Bonchev–Trinajstić information content (AvgIpc) is 3.32. The van der Waals surface area contributed by atoms with Gasteiger partial charge in [0.2, 0.25) is 0 Å². The molecule has 31 heavy (non-hydrogen) atoms. The van der Waals surface area contributed by atoms with E-state index < -0.39 is 5.91 Å². The third-order valence-corrected chi connectivity index (χ3v) is 5.80. The highest BCUT2D eigenvalue weighted by atomic mass is 16.5. The Labute approximate surface area is 182 Å². The molecule has 2 atom stereocenters. The molecule has 8 nitrogen and oxygen atoms in total. The number of nitrogens with one attached hydrogen (secondary N) is 3. The molecule has 1 aliphatic rings. The van der Waals surface area contributed by atoms with E-state index in [2.05, 4.69) is 17.6 Å². The van der Waals surface area contributed by atoms with Crippen LogP contribution in [0.2, 0.25) is 0 Å². The number of benzene rings is 1. The van der Waals surface area contributed by atoms with Gasteiger partial charge < -0.3 is 29.4 Å². The summed E-state index contributed by atoms with van der Waals surface area (Å²) in [5.74, 6) is 0.248. The molecule has 2 aromatic rings. The maximum atomic E-state index is 12.9. The summed E-state index contributed by atoms with van der Waals surface area (Å²) in [5, 5.41) is 5.70. The Hall–Kier alpha value is -3.00. The fraction of sp³-hybridized carbons (Fsp3) is 0.478. The van der Waals surface area contributed by atoms with Crippen LogP contribution in [0.15, 0.2) is 34.9 Å². The number of furan rings is 1. The highest BCUT2D eigenvalue weighted by molar-refractivity contribution is 6.08. The van der Waals surface area contributed by atoms with Crippen molar-refractivity contribution in [1.82, 2.24) is 5.32 Å². The highest BCUT2D eigenvalue weighted by Crippen LogP contribution is 2.33. The van der Waals surface area contributed by atoms with Gasteiger partial charge in [-0.2, -0.15) is 0 Å². The number of amides is 2. The fourth-order valence-electron chi connectivity index (χ4n) is 4.00. The van der Waals surface area contributed by atoms with E-state index in [0.717, 1.165) is 13.0 Å². The lowest BCUT2D eigenvalue weighted by Crippen LogP contribution is -3.16. The minimum atomic E-state index is -0.450. The van der Waals surface area contributed by atoms with E-state index in [1.54, 1.807) is 29.2 Å². The first-order valence-electron chi connectivity index (χ1n) is 10.8. The lowest BCUT2D eigenvalue weighted by molar-refractivity contribution is -0.928. The van der Waals surface area contributed by atoms with Crippen LogP contribution in [0.5, 0.6) is 11.5 Å². The molecule has 2 amide bonds. The topological polar surface area (TPSA) is 94.2 Å². The molecule has 2 heterocycles. The van der Waals surface area contributed by atoms with Crippen molar-refractivity contribution in [3.8, 4) is 11.5 Å². The second-order valence-electron chi connectivity index (χ2n) is 7.85. The number of quaternary nitrogens is 1. The molecule has 0 spiro atoms. The molecule has 1 aliphatic heterocycles. The predicted molar refractivity (Wildman–Crippen MR) is 117 cm³/mol. The second-order valence-corrected chi connectivity index (χ2v) is 7.85. The summed E-state index contributed by atoms with van der Waals surface area (Å²) >= 11 is 0. The van der Waals surface area contributed by atoms with Gasteiger partial charge in [0.1, 0.15) is 0 Å². The number of ether oxygens (including phenoxy) is 2. The van der Waals surface area contributed by atoms with Gasteiger partial charge in [-0.3, -0.25) is 9.59 Å². The van der Waals surface area contributed by atoms with Crippen molar-refractivity contribution in [3.05, 3.63) is 41.9 Å². The molecule has 1 aromatic heterocycles. The van der Waals surface area contributed by atoms with Gasteiger partial charge in [-0.1, -0.05) is 0 Å². The largest absolute Gasteiger partial charge is 0.493 e. The molecule has 3 N–H and O–H groups in total. The number of rotatable bonds is 9. The van der Waals surface area contributed by atoms with Gasteiger partial charge in [0.15, 0.2) is 17.3 Å². The van der Waals surface area contributed by atoms with Crippen LogP contribution in [-0.4, -0.2) is 51.7 Å². The van der Waals surface area contributed by atoms with Crippen LogP contribution in [0.3, 0.4) is 0 Å². The maximum Gasteiger partial charge on any atom is 0.291 e. The maximum absolute atomic E-state index is 12.9. The molecular formula is C23H32N3O5+. The van der Waals surface area contributed by atoms with Gasteiger partial charge in [0.05, 0.1) is 50.9 Å². The van der Waals surface area contributed by atoms with Gasteiger partial charge in [0, 0.05) is 19.0 Å². The summed E-state index contributed by atoms with van der Waals surface area (Å²) < 4.78 is 15.8. The fourth-order valence-corrected chi connectivity index (χ4v) is 4.00. The molecule has 0 bridgehead atoms. The standard InChI is InChI=1S/C23H31N3O5/c1-16-8-4-5-11-26(16)12-7-10-24-22(27)17-14-20(29-2)21(30-3)15-18(17)25-23(28)19-9-6-13-31-19/h6,9,13-16H,4-5,7-8,10-12H2,1-3H3,(H,24,27)(H,25,28)/p+1/t16-/m1/s1. The van der Waals surface area contributed by atoms with Gasteiger partial charge in [-0.25, -0.2) is 0 Å². The predicted octanol–water partition coefficient (Wildman–Crippen LogP) is 2.13. The van der Waals surface area contributed by atoms with Crippen molar-refractivity contribution >= 4 is 17.5 Å².